The lowest BCUT2D eigenvalue weighted by Gasteiger charge is -2.17. The molecule has 0 fully saturated rings. The first-order chi connectivity index (χ1) is 7.78. The molecule has 2 heterocycles. The van der Waals surface area contributed by atoms with Gasteiger partial charge in [0, 0.05) is 24.0 Å². The lowest BCUT2D eigenvalue weighted by Crippen LogP contribution is -2.21. The van der Waals surface area contributed by atoms with Crippen LogP contribution in [0.2, 0.25) is 0 Å². The lowest BCUT2D eigenvalue weighted by molar-refractivity contribution is 0.263. The SMILES string of the molecule is CCN(Cc1cc(C)on1)Cc1cccs1. The molecule has 3 nitrogen and oxygen atoms in total. The second kappa shape index (κ2) is 5.27. The molecule has 2 rings (SSSR count). The maximum absolute atomic E-state index is 5.07. The summed E-state index contributed by atoms with van der Waals surface area (Å²) in [6.07, 6.45) is 0. The Labute approximate surface area is 99.7 Å². The van der Waals surface area contributed by atoms with Gasteiger partial charge < -0.3 is 4.52 Å². The van der Waals surface area contributed by atoms with E-state index in [1.807, 2.05) is 13.0 Å². The monoisotopic (exact) mass is 236 g/mol. The molecule has 0 N–H and O–H groups in total. The first kappa shape index (κ1) is 11.4. The van der Waals surface area contributed by atoms with Crippen LogP contribution in [0.4, 0.5) is 0 Å². The van der Waals surface area contributed by atoms with Gasteiger partial charge in [0.15, 0.2) is 0 Å². The summed E-state index contributed by atoms with van der Waals surface area (Å²) in [5, 5.41) is 6.13. The molecule has 4 heteroatoms. The van der Waals surface area contributed by atoms with E-state index in [9.17, 15) is 0 Å². The van der Waals surface area contributed by atoms with Crippen molar-refractivity contribution in [3.05, 3.63) is 39.9 Å². The summed E-state index contributed by atoms with van der Waals surface area (Å²) in [7, 11) is 0. The van der Waals surface area contributed by atoms with Crippen molar-refractivity contribution in [1.29, 1.82) is 0 Å². The van der Waals surface area contributed by atoms with E-state index in [1.165, 1.54) is 4.88 Å². The Morgan fingerprint density at radius 3 is 2.88 bits per heavy atom. The van der Waals surface area contributed by atoms with Crippen LogP contribution < -0.4 is 0 Å². The first-order valence-corrected chi connectivity index (χ1v) is 6.33. The van der Waals surface area contributed by atoms with Crippen LogP contribution in [0.5, 0.6) is 0 Å². The molecule has 0 aromatic carbocycles. The van der Waals surface area contributed by atoms with E-state index in [0.29, 0.717) is 0 Å². The average molecular weight is 236 g/mol. The zero-order valence-electron chi connectivity index (χ0n) is 9.64. The fraction of sp³-hybridized carbons (Fsp3) is 0.417. The van der Waals surface area contributed by atoms with Crippen LogP contribution in [0.1, 0.15) is 23.3 Å². The van der Waals surface area contributed by atoms with Gasteiger partial charge in [-0.15, -0.1) is 11.3 Å². The van der Waals surface area contributed by atoms with Crippen LogP contribution in [0.3, 0.4) is 0 Å². The molecule has 2 aromatic heterocycles. The lowest BCUT2D eigenvalue weighted by atomic mass is 10.3. The highest BCUT2D eigenvalue weighted by atomic mass is 32.1. The Balaban J connectivity index is 1.95. The van der Waals surface area contributed by atoms with Gasteiger partial charge in [-0.25, -0.2) is 0 Å². The molecule has 0 amide bonds. The Kier molecular flexibility index (Phi) is 3.74. The smallest absolute Gasteiger partial charge is 0.133 e. The molecule has 2 aromatic rings. The molecule has 0 aliphatic carbocycles. The third-order valence-electron chi connectivity index (χ3n) is 2.47. The Hall–Kier alpha value is -1.13. The van der Waals surface area contributed by atoms with Crippen molar-refractivity contribution in [2.24, 2.45) is 0 Å². The molecule has 0 unspecified atom stereocenters. The van der Waals surface area contributed by atoms with E-state index >= 15 is 0 Å². The van der Waals surface area contributed by atoms with Crippen LogP contribution in [-0.2, 0) is 13.1 Å². The van der Waals surface area contributed by atoms with Crippen molar-refractivity contribution in [1.82, 2.24) is 10.1 Å². The van der Waals surface area contributed by atoms with Crippen LogP contribution in [0, 0.1) is 6.92 Å². The maximum atomic E-state index is 5.07. The molecule has 16 heavy (non-hydrogen) atoms. The van der Waals surface area contributed by atoms with Gasteiger partial charge in [-0.1, -0.05) is 18.1 Å². The van der Waals surface area contributed by atoms with Crippen LogP contribution in [-0.4, -0.2) is 16.6 Å². The summed E-state index contributed by atoms with van der Waals surface area (Å²) >= 11 is 1.80. The molecule has 0 aliphatic rings. The summed E-state index contributed by atoms with van der Waals surface area (Å²) in [4.78, 5) is 3.74. The maximum Gasteiger partial charge on any atom is 0.133 e. The van der Waals surface area contributed by atoms with Gasteiger partial charge in [-0.3, -0.25) is 4.90 Å². The number of thiophene rings is 1. The Morgan fingerprint density at radius 2 is 2.31 bits per heavy atom. The third kappa shape index (κ3) is 2.93. The summed E-state index contributed by atoms with van der Waals surface area (Å²) in [6, 6.07) is 6.26. The highest BCUT2D eigenvalue weighted by Crippen LogP contribution is 2.14. The fourth-order valence-corrected chi connectivity index (χ4v) is 2.37. The number of aryl methyl sites for hydroxylation is 1. The molecule has 0 saturated heterocycles. The second-order valence-electron chi connectivity index (χ2n) is 3.81. The molecule has 0 bridgehead atoms. The zero-order chi connectivity index (χ0) is 11.4. The summed E-state index contributed by atoms with van der Waals surface area (Å²) < 4.78 is 5.07. The van der Waals surface area contributed by atoms with Crippen LogP contribution in [0.15, 0.2) is 28.1 Å². The second-order valence-corrected chi connectivity index (χ2v) is 4.84. The van der Waals surface area contributed by atoms with Gasteiger partial charge in [0.05, 0.1) is 5.69 Å². The molecule has 0 atom stereocenters. The van der Waals surface area contributed by atoms with Gasteiger partial charge in [-0.05, 0) is 24.9 Å². The van der Waals surface area contributed by atoms with Crippen molar-refractivity contribution < 1.29 is 4.52 Å². The van der Waals surface area contributed by atoms with E-state index in [0.717, 1.165) is 31.1 Å². The minimum absolute atomic E-state index is 0.853. The minimum Gasteiger partial charge on any atom is -0.361 e. The predicted molar refractivity (Wildman–Crippen MR) is 65.3 cm³/mol. The van der Waals surface area contributed by atoms with E-state index in [1.54, 1.807) is 11.3 Å². The number of hydrogen-bond acceptors (Lipinski definition) is 4. The van der Waals surface area contributed by atoms with Crippen molar-refractivity contribution >= 4 is 11.3 Å². The highest BCUT2D eigenvalue weighted by Gasteiger charge is 2.08. The van der Waals surface area contributed by atoms with E-state index < -0.39 is 0 Å². The largest absolute Gasteiger partial charge is 0.361 e. The standard InChI is InChI=1S/C12H16N2OS/c1-3-14(9-12-5-4-6-16-12)8-11-7-10(2)15-13-11/h4-7H,3,8-9H2,1-2H3. The number of nitrogens with zero attached hydrogens (tertiary/aromatic N) is 2. The number of aromatic nitrogens is 1. The zero-order valence-corrected chi connectivity index (χ0v) is 10.5. The van der Waals surface area contributed by atoms with Gasteiger partial charge in [0.2, 0.25) is 0 Å². The normalized spacial score (nSPS) is 11.2. The number of rotatable bonds is 5. The fourth-order valence-electron chi connectivity index (χ4n) is 1.62. The summed E-state index contributed by atoms with van der Waals surface area (Å²) in [5.74, 6) is 0.877. The molecule has 0 aliphatic heterocycles. The number of hydrogen-bond donors (Lipinski definition) is 0. The van der Waals surface area contributed by atoms with Gasteiger partial charge >= 0.3 is 0 Å². The molecule has 0 saturated carbocycles. The first-order valence-electron chi connectivity index (χ1n) is 5.45. The molecule has 0 radical (unpaired) electrons. The topological polar surface area (TPSA) is 29.3 Å². The van der Waals surface area contributed by atoms with Crippen molar-refractivity contribution in [3.8, 4) is 0 Å². The molecular weight excluding hydrogens is 220 g/mol. The molecular formula is C12H16N2OS. The van der Waals surface area contributed by atoms with Gasteiger partial charge in [0.1, 0.15) is 5.76 Å². The van der Waals surface area contributed by atoms with Crippen molar-refractivity contribution in [3.63, 3.8) is 0 Å². The minimum atomic E-state index is 0.853. The average Bonchev–Trinajstić information content (AvgIpc) is 2.89. The van der Waals surface area contributed by atoms with Crippen molar-refractivity contribution in [2.75, 3.05) is 6.54 Å². The summed E-state index contributed by atoms with van der Waals surface area (Å²) in [6.45, 7) is 6.95. The molecule has 86 valence electrons. The Bertz CT molecular complexity index is 422. The predicted octanol–water partition coefficient (Wildman–Crippen LogP) is 3.07. The van der Waals surface area contributed by atoms with E-state index in [4.69, 9.17) is 4.52 Å². The van der Waals surface area contributed by atoms with E-state index in [2.05, 4.69) is 34.5 Å². The van der Waals surface area contributed by atoms with E-state index in [-0.39, 0.29) is 0 Å². The highest BCUT2D eigenvalue weighted by molar-refractivity contribution is 7.09. The van der Waals surface area contributed by atoms with Crippen molar-refractivity contribution in [2.45, 2.75) is 26.9 Å². The van der Waals surface area contributed by atoms with Gasteiger partial charge in [0.25, 0.3) is 0 Å². The summed E-state index contributed by atoms with van der Waals surface area (Å²) in [5.41, 5.74) is 1.01. The van der Waals surface area contributed by atoms with Crippen LogP contribution >= 0.6 is 11.3 Å². The molecule has 0 spiro atoms. The van der Waals surface area contributed by atoms with Gasteiger partial charge in [-0.2, -0.15) is 0 Å². The Morgan fingerprint density at radius 1 is 1.44 bits per heavy atom. The van der Waals surface area contributed by atoms with Crippen LogP contribution in [0.25, 0.3) is 0 Å². The third-order valence-corrected chi connectivity index (χ3v) is 3.33. The quantitative estimate of drug-likeness (QED) is 0.799.